The van der Waals surface area contributed by atoms with Gasteiger partial charge in [-0.15, -0.1) is 21.5 Å². The first-order valence-corrected chi connectivity index (χ1v) is 5.19. The third kappa shape index (κ3) is 1.83. The van der Waals surface area contributed by atoms with Crippen molar-refractivity contribution in [3.8, 4) is 0 Å². The molecule has 0 spiro atoms. The molecule has 0 amide bonds. The zero-order valence-corrected chi connectivity index (χ0v) is 8.66. The SMILES string of the molecule is Cc1cc(Cn2cnnc2CO)cs1. The van der Waals surface area contributed by atoms with Gasteiger partial charge in [0.1, 0.15) is 12.9 Å². The van der Waals surface area contributed by atoms with E-state index in [9.17, 15) is 0 Å². The zero-order valence-electron chi connectivity index (χ0n) is 7.84. The molecule has 0 aliphatic carbocycles. The number of aromatic nitrogens is 3. The van der Waals surface area contributed by atoms with Crippen LogP contribution in [0.1, 0.15) is 16.3 Å². The molecule has 0 atom stereocenters. The summed E-state index contributed by atoms with van der Waals surface area (Å²) in [5.74, 6) is 0.605. The van der Waals surface area contributed by atoms with E-state index in [4.69, 9.17) is 5.11 Å². The van der Waals surface area contributed by atoms with E-state index in [1.807, 2.05) is 4.57 Å². The molecule has 2 rings (SSSR count). The van der Waals surface area contributed by atoms with E-state index in [-0.39, 0.29) is 6.61 Å². The van der Waals surface area contributed by atoms with Gasteiger partial charge < -0.3 is 9.67 Å². The second-order valence-corrected chi connectivity index (χ2v) is 4.21. The molecule has 5 heteroatoms. The van der Waals surface area contributed by atoms with Crippen LogP contribution in [-0.4, -0.2) is 19.9 Å². The fourth-order valence-corrected chi connectivity index (χ4v) is 2.01. The van der Waals surface area contributed by atoms with Gasteiger partial charge in [0, 0.05) is 4.88 Å². The highest BCUT2D eigenvalue weighted by molar-refractivity contribution is 7.10. The maximum Gasteiger partial charge on any atom is 0.158 e. The highest BCUT2D eigenvalue weighted by Crippen LogP contribution is 2.14. The van der Waals surface area contributed by atoms with E-state index >= 15 is 0 Å². The molecule has 0 saturated heterocycles. The Morgan fingerprint density at radius 1 is 1.57 bits per heavy atom. The first-order valence-electron chi connectivity index (χ1n) is 4.31. The summed E-state index contributed by atoms with van der Waals surface area (Å²) in [4.78, 5) is 1.29. The summed E-state index contributed by atoms with van der Waals surface area (Å²) in [6.45, 7) is 2.74. The van der Waals surface area contributed by atoms with Gasteiger partial charge >= 0.3 is 0 Å². The van der Waals surface area contributed by atoms with Gasteiger partial charge in [0.25, 0.3) is 0 Å². The lowest BCUT2D eigenvalue weighted by molar-refractivity contribution is 0.265. The summed E-state index contributed by atoms with van der Waals surface area (Å²) in [5.41, 5.74) is 1.22. The van der Waals surface area contributed by atoms with Gasteiger partial charge in [0.15, 0.2) is 5.82 Å². The van der Waals surface area contributed by atoms with Gasteiger partial charge in [-0.25, -0.2) is 0 Å². The number of hydrogen-bond donors (Lipinski definition) is 1. The monoisotopic (exact) mass is 209 g/mol. The second kappa shape index (κ2) is 3.89. The zero-order chi connectivity index (χ0) is 9.97. The van der Waals surface area contributed by atoms with Crippen LogP contribution in [0.15, 0.2) is 17.8 Å². The molecule has 0 aromatic carbocycles. The van der Waals surface area contributed by atoms with Crippen LogP contribution >= 0.6 is 11.3 Å². The standard InChI is InChI=1S/C9H11N3OS/c1-7-2-8(5-14-7)3-12-6-10-11-9(12)4-13/h2,5-6,13H,3-4H2,1H3. The van der Waals surface area contributed by atoms with Crippen LogP contribution in [0.5, 0.6) is 0 Å². The molecule has 0 bridgehead atoms. The highest BCUT2D eigenvalue weighted by atomic mass is 32.1. The highest BCUT2D eigenvalue weighted by Gasteiger charge is 2.03. The van der Waals surface area contributed by atoms with E-state index in [1.165, 1.54) is 10.4 Å². The molecule has 74 valence electrons. The Balaban J connectivity index is 2.18. The van der Waals surface area contributed by atoms with Gasteiger partial charge in [-0.1, -0.05) is 0 Å². The molecule has 14 heavy (non-hydrogen) atoms. The number of aliphatic hydroxyl groups is 1. The quantitative estimate of drug-likeness (QED) is 0.826. The van der Waals surface area contributed by atoms with Crippen molar-refractivity contribution in [1.82, 2.24) is 14.8 Å². The Labute approximate surface area is 85.8 Å². The van der Waals surface area contributed by atoms with Gasteiger partial charge in [0.05, 0.1) is 6.54 Å². The van der Waals surface area contributed by atoms with E-state index < -0.39 is 0 Å². The average molecular weight is 209 g/mol. The van der Waals surface area contributed by atoms with E-state index in [1.54, 1.807) is 17.7 Å². The van der Waals surface area contributed by atoms with Crippen molar-refractivity contribution in [2.24, 2.45) is 0 Å². The van der Waals surface area contributed by atoms with Gasteiger partial charge in [-0.2, -0.15) is 0 Å². The Kier molecular flexibility index (Phi) is 2.60. The number of rotatable bonds is 3. The minimum absolute atomic E-state index is 0.0663. The van der Waals surface area contributed by atoms with E-state index in [2.05, 4.69) is 28.6 Å². The summed E-state index contributed by atoms with van der Waals surface area (Å²) in [7, 11) is 0. The molecule has 0 unspecified atom stereocenters. The smallest absolute Gasteiger partial charge is 0.158 e. The normalized spacial score (nSPS) is 10.7. The van der Waals surface area contributed by atoms with Crippen molar-refractivity contribution >= 4 is 11.3 Å². The Morgan fingerprint density at radius 2 is 2.43 bits per heavy atom. The summed E-state index contributed by atoms with van der Waals surface area (Å²) in [6.07, 6.45) is 1.64. The average Bonchev–Trinajstić information content (AvgIpc) is 2.76. The second-order valence-electron chi connectivity index (χ2n) is 3.10. The van der Waals surface area contributed by atoms with Crippen LogP contribution in [0.2, 0.25) is 0 Å². The molecule has 0 radical (unpaired) electrons. The molecule has 0 aliphatic heterocycles. The third-order valence-corrected chi connectivity index (χ3v) is 2.89. The van der Waals surface area contributed by atoms with Crippen molar-refractivity contribution in [2.45, 2.75) is 20.1 Å². The topological polar surface area (TPSA) is 50.9 Å². The molecule has 0 saturated carbocycles. The predicted molar refractivity (Wildman–Crippen MR) is 54.1 cm³/mol. The van der Waals surface area contributed by atoms with Crippen molar-refractivity contribution in [2.75, 3.05) is 0 Å². The number of aryl methyl sites for hydroxylation is 1. The Bertz CT molecular complexity index is 421. The fraction of sp³-hybridized carbons (Fsp3) is 0.333. The van der Waals surface area contributed by atoms with Crippen LogP contribution in [0.3, 0.4) is 0 Å². The Morgan fingerprint density at radius 3 is 3.07 bits per heavy atom. The number of aliphatic hydroxyl groups excluding tert-OH is 1. The van der Waals surface area contributed by atoms with Gasteiger partial charge in [0.2, 0.25) is 0 Å². The van der Waals surface area contributed by atoms with E-state index in [0.29, 0.717) is 5.82 Å². The molecular weight excluding hydrogens is 198 g/mol. The molecule has 4 nitrogen and oxygen atoms in total. The predicted octanol–water partition coefficient (Wildman–Crippen LogP) is 1.19. The summed E-state index contributed by atoms with van der Waals surface area (Å²) < 4.78 is 1.85. The molecule has 1 N–H and O–H groups in total. The first-order chi connectivity index (χ1) is 6.79. The molecule has 0 aliphatic rings. The van der Waals surface area contributed by atoms with Crippen molar-refractivity contribution in [1.29, 1.82) is 0 Å². The first kappa shape index (κ1) is 9.36. The lowest BCUT2D eigenvalue weighted by Crippen LogP contribution is -2.03. The molecule has 2 aromatic heterocycles. The van der Waals surface area contributed by atoms with Crippen LogP contribution in [0.25, 0.3) is 0 Å². The summed E-state index contributed by atoms with van der Waals surface area (Å²) in [5, 5.41) is 18.6. The largest absolute Gasteiger partial charge is 0.388 e. The fourth-order valence-electron chi connectivity index (χ4n) is 1.31. The van der Waals surface area contributed by atoms with Crippen LogP contribution in [-0.2, 0) is 13.2 Å². The maximum absolute atomic E-state index is 8.97. The van der Waals surface area contributed by atoms with Crippen LogP contribution in [0.4, 0.5) is 0 Å². The Hall–Kier alpha value is -1.20. The number of nitrogens with zero attached hydrogens (tertiary/aromatic N) is 3. The van der Waals surface area contributed by atoms with E-state index in [0.717, 1.165) is 6.54 Å². The summed E-state index contributed by atoms with van der Waals surface area (Å²) >= 11 is 1.72. The van der Waals surface area contributed by atoms with Crippen molar-refractivity contribution < 1.29 is 5.11 Å². The molecular formula is C9H11N3OS. The van der Waals surface area contributed by atoms with Crippen molar-refractivity contribution in [3.63, 3.8) is 0 Å². The minimum atomic E-state index is -0.0663. The third-order valence-electron chi connectivity index (χ3n) is 1.97. The minimum Gasteiger partial charge on any atom is -0.388 e. The lowest BCUT2D eigenvalue weighted by Gasteiger charge is -2.01. The van der Waals surface area contributed by atoms with Crippen molar-refractivity contribution in [3.05, 3.63) is 34.0 Å². The number of hydrogen-bond acceptors (Lipinski definition) is 4. The molecule has 2 heterocycles. The molecule has 0 fully saturated rings. The number of thiophene rings is 1. The maximum atomic E-state index is 8.97. The molecule has 2 aromatic rings. The lowest BCUT2D eigenvalue weighted by atomic mass is 10.3. The van der Waals surface area contributed by atoms with Crippen LogP contribution in [0, 0.1) is 6.92 Å². The van der Waals surface area contributed by atoms with Gasteiger partial charge in [-0.05, 0) is 23.9 Å². The summed E-state index contributed by atoms with van der Waals surface area (Å²) in [6, 6.07) is 2.13. The van der Waals surface area contributed by atoms with Gasteiger partial charge in [-0.3, -0.25) is 0 Å². The van der Waals surface area contributed by atoms with Crippen LogP contribution < -0.4 is 0 Å².